The first-order chi connectivity index (χ1) is 14.1. The molecule has 0 heterocycles. The Hall–Kier alpha value is -2.77. The second-order valence-electron chi connectivity index (χ2n) is 9.22. The molecule has 2 rings (SSSR count). The van der Waals surface area contributed by atoms with Crippen molar-refractivity contribution < 1.29 is 4.79 Å². The minimum absolute atomic E-state index is 0.350. The first kappa shape index (κ1) is 23.5. The SMILES string of the molecule is CC(C)c1cc(C#CC(=O)C#Cc2cc(C(C)C)cc(C(C)C)c2)cc(C(C)C)c1. The Labute approximate surface area is 183 Å². The van der Waals surface area contributed by atoms with Gasteiger partial charge in [-0.1, -0.05) is 79.4 Å². The monoisotopic (exact) mass is 398 g/mol. The van der Waals surface area contributed by atoms with Gasteiger partial charge in [0.25, 0.3) is 5.78 Å². The van der Waals surface area contributed by atoms with Crippen molar-refractivity contribution in [3.05, 3.63) is 69.8 Å². The van der Waals surface area contributed by atoms with Crippen LogP contribution in [-0.2, 0) is 4.79 Å². The van der Waals surface area contributed by atoms with Crippen molar-refractivity contribution in [3.8, 4) is 23.7 Å². The lowest BCUT2D eigenvalue weighted by Gasteiger charge is -2.12. The van der Waals surface area contributed by atoms with Gasteiger partial charge in [-0.15, -0.1) is 0 Å². The Morgan fingerprint density at radius 3 is 1.03 bits per heavy atom. The van der Waals surface area contributed by atoms with Crippen molar-refractivity contribution in [2.75, 3.05) is 0 Å². The van der Waals surface area contributed by atoms with Crippen LogP contribution in [0.15, 0.2) is 36.4 Å². The van der Waals surface area contributed by atoms with Crippen LogP contribution in [-0.4, -0.2) is 5.78 Å². The van der Waals surface area contributed by atoms with Crippen molar-refractivity contribution in [2.24, 2.45) is 0 Å². The predicted octanol–water partition coefficient (Wildman–Crippen LogP) is 7.15. The van der Waals surface area contributed by atoms with Crippen molar-refractivity contribution in [2.45, 2.75) is 79.1 Å². The maximum atomic E-state index is 12.3. The number of hydrogen-bond acceptors (Lipinski definition) is 1. The molecule has 0 unspecified atom stereocenters. The molecule has 0 aliphatic heterocycles. The molecule has 0 N–H and O–H groups in total. The van der Waals surface area contributed by atoms with Crippen LogP contribution in [0.25, 0.3) is 0 Å². The maximum absolute atomic E-state index is 12.3. The highest BCUT2D eigenvalue weighted by Gasteiger charge is 2.07. The third-order valence-corrected chi connectivity index (χ3v) is 5.26. The third kappa shape index (κ3) is 6.64. The lowest BCUT2D eigenvalue weighted by molar-refractivity contribution is -0.108. The summed E-state index contributed by atoms with van der Waals surface area (Å²) in [4.78, 5) is 12.3. The van der Waals surface area contributed by atoms with E-state index in [1.165, 1.54) is 22.3 Å². The van der Waals surface area contributed by atoms with Crippen LogP contribution in [0.1, 0.15) is 112 Å². The van der Waals surface area contributed by atoms with E-state index in [0.29, 0.717) is 23.7 Å². The average molecular weight is 399 g/mol. The van der Waals surface area contributed by atoms with Crippen LogP contribution in [0, 0.1) is 23.7 Å². The molecule has 0 saturated carbocycles. The van der Waals surface area contributed by atoms with Gasteiger partial charge in [-0.05, 0) is 82.0 Å². The maximum Gasteiger partial charge on any atom is 0.279 e. The minimum atomic E-state index is -0.350. The van der Waals surface area contributed by atoms with E-state index in [4.69, 9.17) is 0 Å². The Kier molecular flexibility index (Phi) is 8.08. The lowest BCUT2D eigenvalue weighted by Crippen LogP contribution is -1.96. The number of rotatable bonds is 4. The quantitative estimate of drug-likeness (QED) is 0.500. The second-order valence-corrected chi connectivity index (χ2v) is 9.22. The summed E-state index contributed by atoms with van der Waals surface area (Å²) in [5, 5.41) is 0. The summed E-state index contributed by atoms with van der Waals surface area (Å²) in [6.07, 6.45) is 0. The van der Waals surface area contributed by atoms with Crippen LogP contribution in [0.5, 0.6) is 0 Å². The van der Waals surface area contributed by atoms with Crippen molar-refractivity contribution in [3.63, 3.8) is 0 Å². The lowest BCUT2D eigenvalue weighted by atomic mass is 9.93. The summed E-state index contributed by atoms with van der Waals surface area (Å²) >= 11 is 0. The minimum Gasteiger partial charge on any atom is -0.270 e. The van der Waals surface area contributed by atoms with Gasteiger partial charge in [-0.25, -0.2) is 0 Å². The zero-order chi connectivity index (χ0) is 22.4. The fourth-order valence-corrected chi connectivity index (χ4v) is 3.12. The van der Waals surface area contributed by atoms with E-state index in [0.717, 1.165) is 11.1 Å². The third-order valence-electron chi connectivity index (χ3n) is 5.26. The fourth-order valence-electron chi connectivity index (χ4n) is 3.12. The molecule has 0 radical (unpaired) electrons. The summed E-state index contributed by atoms with van der Waals surface area (Å²) in [5.74, 6) is 12.8. The topological polar surface area (TPSA) is 17.1 Å². The predicted molar refractivity (Wildman–Crippen MR) is 128 cm³/mol. The molecule has 0 fully saturated rings. The molecule has 0 saturated heterocycles. The van der Waals surface area contributed by atoms with Crippen molar-refractivity contribution in [1.29, 1.82) is 0 Å². The van der Waals surface area contributed by atoms with Crippen molar-refractivity contribution >= 4 is 5.78 Å². The summed E-state index contributed by atoms with van der Waals surface area (Å²) in [6.45, 7) is 17.4. The van der Waals surface area contributed by atoms with Gasteiger partial charge in [0.15, 0.2) is 0 Å². The van der Waals surface area contributed by atoms with Crippen LogP contribution in [0.4, 0.5) is 0 Å². The van der Waals surface area contributed by atoms with Crippen LogP contribution < -0.4 is 0 Å². The molecule has 2 aromatic carbocycles. The molecule has 30 heavy (non-hydrogen) atoms. The highest BCUT2D eigenvalue weighted by atomic mass is 16.1. The van der Waals surface area contributed by atoms with Gasteiger partial charge in [0.2, 0.25) is 0 Å². The number of ketones is 1. The molecule has 1 heteroatoms. The number of carbonyl (C=O) groups is 1. The summed E-state index contributed by atoms with van der Waals surface area (Å²) < 4.78 is 0. The van der Waals surface area contributed by atoms with Crippen LogP contribution >= 0.6 is 0 Å². The molecular formula is C29H34O. The number of hydrogen-bond donors (Lipinski definition) is 0. The molecule has 0 aromatic heterocycles. The summed E-state index contributed by atoms with van der Waals surface area (Å²) in [5.41, 5.74) is 6.74. The van der Waals surface area contributed by atoms with Gasteiger partial charge in [0, 0.05) is 11.1 Å². The van der Waals surface area contributed by atoms with E-state index in [2.05, 4.69) is 115 Å². The van der Waals surface area contributed by atoms with E-state index >= 15 is 0 Å². The molecule has 2 aromatic rings. The number of benzene rings is 2. The highest BCUT2D eigenvalue weighted by Crippen LogP contribution is 2.24. The number of Topliss-reactive ketones (excluding diaryl/α,β-unsaturated/α-hetero) is 1. The smallest absolute Gasteiger partial charge is 0.270 e. The first-order valence-corrected chi connectivity index (χ1v) is 10.9. The highest BCUT2D eigenvalue weighted by molar-refractivity contribution is 6.09. The van der Waals surface area contributed by atoms with Gasteiger partial charge >= 0.3 is 0 Å². The molecule has 1 nitrogen and oxygen atoms in total. The van der Waals surface area contributed by atoms with Gasteiger partial charge in [0.1, 0.15) is 0 Å². The normalized spacial score (nSPS) is 10.8. The van der Waals surface area contributed by atoms with Crippen molar-refractivity contribution in [1.82, 2.24) is 0 Å². The zero-order valence-electron chi connectivity index (χ0n) is 19.7. The second kappa shape index (κ2) is 10.3. The standard InChI is InChI=1S/C29H34O/c1-19(2)25-13-23(14-26(17-25)20(3)4)9-11-29(30)12-10-24-15-27(21(5)6)18-28(16-24)22(7)8/h13-22H,1-8H3. The summed E-state index contributed by atoms with van der Waals surface area (Å²) in [7, 11) is 0. The van der Waals surface area contributed by atoms with Gasteiger partial charge in [0.05, 0.1) is 0 Å². The molecule has 0 atom stereocenters. The Morgan fingerprint density at radius 2 is 0.800 bits per heavy atom. The zero-order valence-corrected chi connectivity index (χ0v) is 19.7. The van der Waals surface area contributed by atoms with E-state index in [-0.39, 0.29) is 5.78 Å². The van der Waals surface area contributed by atoms with Crippen LogP contribution in [0.3, 0.4) is 0 Å². The van der Waals surface area contributed by atoms with E-state index in [9.17, 15) is 4.79 Å². The Bertz CT molecular complexity index is 891. The van der Waals surface area contributed by atoms with Gasteiger partial charge in [-0.2, -0.15) is 0 Å². The largest absolute Gasteiger partial charge is 0.279 e. The molecule has 0 spiro atoms. The molecule has 0 aliphatic carbocycles. The average Bonchev–Trinajstić information content (AvgIpc) is 2.70. The first-order valence-electron chi connectivity index (χ1n) is 10.9. The van der Waals surface area contributed by atoms with Crippen LogP contribution in [0.2, 0.25) is 0 Å². The Morgan fingerprint density at radius 1 is 0.533 bits per heavy atom. The number of carbonyl (C=O) groups excluding carboxylic acids is 1. The molecule has 156 valence electrons. The van der Waals surface area contributed by atoms with E-state index in [1.807, 2.05) is 0 Å². The fraction of sp³-hybridized carbons (Fsp3) is 0.414. The Balaban J connectivity index is 2.31. The van der Waals surface area contributed by atoms with E-state index < -0.39 is 0 Å². The molecule has 0 bridgehead atoms. The van der Waals surface area contributed by atoms with Gasteiger partial charge < -0.3 is 0 Å². The summed E-state index contributed by atoms with van der Waals surface area (Å²) in [6, 6.07) is 12.8. The molecule has 0 aliphatic rings. The van der Waals surface area contributed by atoms with E-state index in [1.54, 1.807) is 0 Å². The molecular weight excluding hydrogens is 364 g/mol. The molecule has 0 amide bonds. The van der Waals surface area contributed by atoms with Gasteiger partial charge in [-0.3, -0.25) is 4.79 Å².